The molecule has 0 radical (unpaired) electrons. The average Bonchev–Trinajstić information content (AvgIpc) is 3.14. The monoisotopic (exact) mass is 471 g/mol. The number of carbonyl (C=O) groups is 2. The highest BCUT2D eigenvalue weighted by molar-refractivity contribution is 5.94. The van der Waals surface area contributed by atoms with Gasteiger partial charge in [-0.15, -0.1) is 0 Å². The Balaban J connectivity index is 1.31. The highest BCUT2D eigenvalue weighted by Gasteiger charge is 2.22. The molecule has 2 heterocycles. The third kappa shape index (κ3) is 5.69. The van der Waals surface area contributed by atoms with Crippen LogP contribution in [0.15, 0.2) is 54.6 Å². The molecule has 0 unspecified atom stereocenters. The van der Waals surface area contributed by atoms with E-state index in [1.165, 1.54) is 0 Å². The highest BCUT2D eigenvalue weighted by Crippen LogP contribution is 2.20. The Morgan fingerprint density at radius 3 is 2.23 bits per heavy atom. The molecule has 182 valence electrons. The second-order valence-corrected chi connectivity index (χ2v) is 9.08. The maximum Gasteiger partial charge on any atom is 0.246 e. The van der Waals surface area contributed by atoms with Crippen LogP contribution in [0.25, 0.3) is 11.8 Å². The lowest BCUT2D eigenvalue weighted by atomic mass is 10.1. The molecule has 0 atom stereocenters. The number of para-hydroxylation sites is 2. The number of amides is 2. The number of rotatable bonds is 6. The predicted octanol–water partition coefficient (Wildman–Crippen LogP) is 3.90. The zero-order valence-corrected chi connectivity index (χ0v) is 20.9. The number of nitrogens with zero attached hydrogens (tertiary/aromatic N) is 4. The lowest BCUT2D eigenvalue weighted by molar-refractivity contribution is -0.127. The van der Waals surface area contributed by atoms with Crippen molar-refractivity contribution in [3.05, 3.63) is 82.7 Å². The normalized spacial score (nSPS) is 14.5. The number of nitrogens with one attached hydrogen (secondary N) is 1. The number of anilines is 1. The molecule has 0 spiro atoms. The van der Waals surface area contributed by atoms with Gasteiger partial charge in [-0.3, -0.25) is 14.5 Å². The van der Waals surface area contributed by atoms with E-state index in [-0.39, 0.29) is 11.8 Å². The lowest BCUT2D eigenvalue weighted by Gasteiger charge is -2.33. The van der Waals surface area contributed by atoms with E-state index in [0.29, 0.717) is 32.7 Å². The van der Waals surface area contributed by atoms with E-state index in [1.807, 2.05) is 91.9 Å². The summed E-state index contributed by atoms with van der Waals surface area (Å²) in [4.78, 5) is 29.3. The number of piperazine rings is 1. The molecule has 2 amide bonds. The maximum atomic E-state index is 12.8. The molecule has 3 aromatic rings. The second kappa shape index (κ2) is 10.7. The number of hydrogen-bond donors (Lipinski definition) is 1. The third-order valence-electron chi connectivity index (χ3n) is 6.54. The van der Waals surface area contributed by atoms with Gasteiger partial charge in [0.25, 0.3) is 0 Å². The molecule has 7 heteroatoms. The molecule has 1 fully saturated rings. The van der Waals surface area contributed by atoms with Crippen molar-refractivity contribution in [2.24, 2.45) is 0 Å². The summed E-state index contributed by atoms with van der Waals surface area (Å²) < 4.78 is 1.90. The molecule has 1 N–H and O–H groups in total. The fourth-order valence-electron chi connectivity index (χ4n) is 4.50. The lowest BCUT2D eigenvalue weighted by Crippen LogP contribution is -2.50. The Bertz CT molecular complexity index is 1220. The van der Waals surface area contributed by atoms with Crippen molar-refractivity contribution in [1.82, 2.24) is 19.6 Å². The number of benzene rings is 2. The number of aryl methyl sites for hydroxylation is 3. The van der Waals surface area contributed by atoms with Gasteiger partial charge in [0.1, 0.15) is 0 Å². The molecule has 1 saturated heterocycles. The Kier molecular flexibility index (Phi) is 7.46. The van der Waals surface area contributed by atoms with Crippen molar-refractivity contribution in [2.75, 3.05) is 38.0 Å². The van der Waals surface area contributed by atoms with E-state index in [9.17, 15) is 9.59 Å². The van der Waals surface area contributed by atoms with Crippen molar-refractivity contribution in [2.45, 2.75) is 27.7 Å². The summed E-state index contributed by atoms with van der Waals surface area (Å²) in [5.41, 5.74) is 6.84. The molecule has 1 aromatic heterocycles. The van der Waals surface area contributed by atoms with Gasteiger partial charge in [0.05, 0.1) is 17.9 Å². The first kappa shape index (κ1) is 24.4. The first-order chi connectivity index (χ1) is 16.8. The average molecular weight is 472 g/mol. The minimum Gasteiger partial charge on any atom is -0.337 e. The molecule has 35 heavy (non-hydrogen) atoms. The Labute approximate surface area is 207 Å². The van der Waals surface area contributed by atoms with E-state index in [2.05, 4.69) is 15.3 Å². The van der Waals surface area contributed by atoms with E-state index < -0.39 is 0 Å². The van der Waals surface area contributed by atoms with Gasteiger partial charge in [0.2, 0.25) is 11.8 Å². The smallest absolute Gasteiger partial charge is 0.246 e. The highest BCUT2D eigenvalue weighted by atomic mass is 16.2. The zero-order valence-electron chi connectivity index (χ0n) is 20.9. The standard InChI is InChI=1S/C28H33N5O2/c1-20-9-8-10-21(2)28(20)29-26(34)19-31-15-17-32(18-16-31)27(35)14-13-25-22(3)30-33(23(25)4)24-11-6-5-7-12-24/h5-14H,15-19H2,1-4H3,(H,29,34)/b14-13+. The van der Waals surface area contributed by atoms with E-state index in [0.717, 1.165) is 39.5 Å². The first-order valence-electron chi connectivity index (χ1n) is 12.0. The number of hydrogen-bond acceptors (Lipinski definition) is 4. The van der Waals surface area contributed by atoms with Crippen LogP contribution in [0.1, 0.15) is 28.1 Å². The number of aromatic nitrogens is 2. The Morgan fingerprint density at radius 2 is 1.57 bits per heavy atom. The van der Waals surface area contributed by atoms with Gasteiger partial charge >= 0.3 is 0 Å². The SMILES string of the molecule is Cc1cccc(C)c1NC(=O)CN1CCN(C(=O)/C=C/c2c(C)nn(-c3ccccc3)c2C)CC1. The number of carbonyl (C=O) groups excluding carboxylic acids is 2. The topological polar surface area (TPSA) is 70.5 Å². The van der Waals surface area contributed by atoms with Gasteiger partial charge in [-0.05, 0) is 57.0 Å². The van der Waals surface area contributed by atoms with Gasteiger partial charge in [-0.2, -0.15) is 5.10 Å². The predicted molar refractivity (Wildman–Crippen MR) is 140 cm³/mol. The van der Waals surface area contributed by atoms with Gasteiger partial charge in [-0.25, -0.2) is 4.68 Å². The fraction of sp³-hybridized carbons (Fsp3) is 0.321. The summed E-state index contributed by atoms with van der Waals surface area (Å²) in [6, 6.07) is 16.0. The summed E-state index contributed by atoms with van der Waals surface area (Å²) in [5, 5.41) is 7.69. The van der Waals surface area contributed by atoms with Crippen LogP contribution < -0.4 is 5.32 Å². The minimum atomic E-state index is -0.0246. The van der Waals surface area contributed by atoms with Gasteiger partial charge in [0, 0.05) is 49.2 Å². The van der Waals surface area contributed by atoms with E-state index >= 15 is 0 Å². The van der Waals surface area contributed by atoms with Gasteiger partial charge in [-0.1, -0.05) is 36.4 Å². The molecule has 0 bridgehead atoms. The quantitative estimate of drug-likeness (QED) is 0.554. The van der Waals surface area contributed by atoms with Crippen molar-refractivity contribution < 1.29 is 9.59 Å². The molecular weight excluding hydrogens is 438 g/mol. The molecule has 0 aliphatic carbocycles. The first-order valence-corrected chi connectivity index (χ1v) is 12.0. The van der Waals surface area contributed by atoms with Crippen LogP contribution in [0.3, 0.4) is 0 Å². The Hall–Kier alpha value is -3.71. The van der Waals surface area contributed by atoms with Gasteiger partial charge < -0.3 is 10.2 Å². The largest absolute Gasteiger partial charge is 0.337 e. The van der Waals surface area contributed by atoms with Crippen LogP contribution in [-0.4, -0.2) is 64.1 Å². The van der Waals surface area contributed by atoms with Crippen LogP contribution >= 0.6 is 0 Å². The Morgan fingerprint density at radius 1 is 0.914 bits per heavy atom. The van der Waals surface area contributed by atoms with Crippen LogP contribution in [0.5, 0.6) is 0 Å². The summed E-state index contributed by atoms with van der Waals surface area (Å²) in [5.74, 6) is -0.0423. The van der Waals surface area contributed by atoms with Gasteiger partial charge in [0.15, 0.2) is 0 Å². The third-order valence-corrected chi connectivity index (χ3v) is 6.54. The molecule has 0 saturated carbocycles. The summed E-state index contributed by atoms with van der Waals surface area (Å²) in [6.07, 6.45) is 3.50. The molecule has 4 rings (SSSR count). The maximum absolute atomic E-state index is 12.8. The zero-order chi connectivity index (χ0) is 24.9. The summed E-state index contributed by atoms with van der Waals surface area (Å²) in [6.45, 7) is 10.8. The van der Waals surface area contributed by atoms with Crippen LogP contribution in [0.2, 0.25) is 0 Å². The van der Waals surface area contributed by atoms with Crippen LogP contribution in [0, 0.1) is 27.7 Å². The van der Waals surface area contributed by atoms with Crippen molar-refractivity contribution >= 4 is 23.6 Å². The second-order valence-electron chi connectivity index (χ2n) is 9.08. The van der Waals surface area contributed by atoms with Crippen molar-refractivity contribution in [1.29, 1.82) is 0 Å². The van der Waals surface area contributed by atoms with Crippen LogP contribution in [-0.2, 0) is 9.59 Å². The fourth-order valence-corrected chi connectivity index (χ4v) is 4.50. The van der Waals surface area contributed by atoms with Crippen LogP contribution in [0.4, 0.5) is 5.69 Å². The summed E-state index contributed by atoms with van der Waals surface area (Å²) in [7, 11) is 0. The molecule has 7 nitrogen and oxygen atoms in total. The summed E-state index contributed by atoms with van der Waals surface area (Å²) >= 11 is 0. The minimum absolute atomic E-state index is 0.0177. The van der Waals surface area contributed by atoms with Crippen molar-refractivity contribution in [3.8, 4) is 5.69 Å². The van der Waals surface area contributed by atoms with E-state index in [4.69, 9.17) is 0 Å². The van der Waals surface area contributed by atoms with Crippen molar-refractivity contribution in [3.63, 3.8) is 0 Å². The molecule has 1 aliphatic rings. The molecule has 1 aliphatic heterocycles. The molecular formula is C28H33N5O2. The van der Waals surface area contributed by atoms with E-state index in [1.54, 1.807) is 6.08 Å². The molecule has 2 aromatic carbocycles.